The van der Waals surface area contributed by atoms with Crippen LogP contribution in [0.5, 0.6) is 5.75 Å². The number of carbonyl (C=O) groups is 1. The van der Waals surface area contributed by atoms with Gasteiger partial charge in [-0.05, 0) is 33.5 Å². The Labute approximate surface area is 115 Å². The van der Waals surface area contributed by atoms with E-state index in [1.54, 1.807) is 7.11 Å². The number of carbonyl (C=O) groups excluding carboxylic acids is 1. The lowest BCUT2D eigenvalue weighted by molar-refractivity contribution is -0.120. The molecule has 19 heavy (non-hydrogen) atoms. The third kappa shape index (κ3) is 4.91. The molecule has 1 rings (SSSR count). The zero-order chi connectivity index (χ0) is 14.4. The minimum absolute atomic E-state index is 0.0325. The monoisotopic (exact) mass is 264 g/mol. The molecule has 0 saturated carbocycles. The third-order valence-corrected chi connectivity index (χ3v) is 2.93. The van der Waals surface area contributed by atoms with Gasteiger partial charge in [0.05, 0.1) is 13.5 Å². The molecule has 1 N–H and O–H groups in total. The number of nitrogens with one attached hydrogen (secondary N) is 1. The fraction of sp³-hybridized carbons (Fsp3) is 0.533. The highest BCUT2D eigenvalue weighted by molar-refractivity contribution is 5.79. The summed E-state index contributed by atoms with van der Waals surface area (Å²) in [7, 11) is 5.61. The van der Waals surface area contributed by atoms with Crippen molar-refractivity contribution in [3.63, 3.8) is 0 Å². The molecule has 0 aromatic heterocycles. The molecule has 0 spiro atoms. The standard InChI is InChI=1S/C15H24N2O2/c1-11-8-12(2)15(19-5)13(9-11)10-14(18)16-6-7-17(3)4/h8-9H,6-7,10H2,1-5H3,(H,16,18). The van der Waals surface area contributed by atoms with Crippen LogP contribution in [0.15, 0.2) is 12.1 Å². The van der Waals surface area contributed by atoms with Gasteiger partial charge in [0.1, 0.15) is 5.75 Å². The second-order valence-corrected chi connectivity index (χ2v) is 5.10. The van der Waals surface area contributed by atoms with Gasteiger partial charge in [0.25, 0.3) is 0 Å². The van der Waals surface area contributed by atoms with E-state index < -0.39 is 0 Å². The van der Waals surface area contributed by atoms with Gasteiger partial charge in [0.15, 0.2) is 0 Å². The Hall–Kier alpha value is -1.55. The highest BCUT2D eigenvalue weighted by Crippen LogP contribution is 2.25. The summed E-state index contributed by atoms with van der Waals surface area (Å²) in [5, 5.41) is 2.92. The van der Waals surface area contributed by atoms with Crippen molar-refractivity contribution in [2.45, 2.75) is 20.3 Å². The van der Waals surface area contributed by atoms with E-state index in [0.717, 1.165) is 29.0 Å². The van der Waals surface area contributed by atoms with E-state index in [4.69, 9.17) is 4.74 Å². The highest BCUT2D eigenvalue weighted by atomic mass is 16.5. The molecule has 0 aliphatic carbocycles. The Morgan fingerprint density at radius 2 is 2.00 bits per heavy atom. The second kappa shape index (κ2) is 7.14. The second-order valence-electron chi connectivity index (χ2n) is 5.10. The maximum absolute atomic E-state index is 11.9. The van der Waals surface area contributed by atoms with Crippen molar-refractivity contribution in [1.82, 2.24) is 10.2 Å². The number of aryl methyl sites for hydroxylation is 2. The van der Waals surface area contributed by atoms with Crippen LogP contribution in [0.2, 0.25) is 0 Å². The van der Waals surface area contributed by atoms with Gasteiger partial charge in [-0.1, -0.05) is 17.7 Å². The molecule has 0 aliphatic heterocycles. The molecule has 1 aromatic rings. The van der Waals surface area contributed by atoms with Crippen LogP contribution in [0.3, 0.4) is 0 Å². The predicted molar refractivity (Wildman–Crippen MR) is 77.7 cm³/mol. The van der Waals surface area contributed by atoms with Crippen molar-refractivity contribution in [3.8, 4) is 5.75 Å². The van der Waals surface area contributed by atoms with Crippen LogP contribution in [-0.2, 0) is 11.2 Å². The predicted octanol–water partition coefficient (Wildman–Crippen LogP) is 1.53. The minimum atomic E-state index is 0.0325. The summed E-state index contributed by atoms with van der Waals surface area (Å²) >= 11 is 0. The molecule has 0 saturated heterocycles. The molecule has 0 bridgehead atoms. The van der Waals surface area contributed by atoms with Crippen LogP contribution in [0.4, 0.5) is 0 Å². The average molecular weight is 264 g/mol. The van der Waals surface area contributed by atoms with Gasteiger partial charge >= 0.3 is 0 Å². The number of likely N-dealkylation sites (N-methyl/N-ethyl adjacent to an activating group) is 1. The molecule has 0 heterocycles. The van der Waals surface area contributed by atoms with Gasteiger partial charge in [-0.3, -0.25) is 4.79 Å². The van der Waals surface area contributed by atoms with E-state index >= 15 is 0 Å². The summed E-state index contributed by atoms with van der Waals surface area (Å²) in [6.45, 7) is 5.54. The molecule has 0 aliphatic rings. The lowest BCUT2D eigenvalue weighted by Gasteiger charge is -2.14. The first kappa shape index (κ1) is 15.5. The smallest absolute Gasteiger partial charge is 0.224 e. The van der Waals surface area contributed by atoms with Gasteiger partial charge < -0.3 is 15.0 Å². The van der Waals surface area contributed by atoms with Gasteiger partial charge in [0.2, 0.25) is 5.91 Å². The van der Waals surface area contributed by atoms with E-state index in [1.807, 2.05) is 38.9 Å². The van der Waals surface area contributed by atoms with Crippen molar-refractivity contribution in [2.75, 3.05) is 34.3 Å². The molecule has 4 nitrogen and oxygen atoms in total. The molecular weight excluding hydrogens is 240 g/mol. The van der Waals surface area contributed by atoms with Crippen LogP contribution in [0, 0.1) is 13.8 Å². The fourth-order valence-corrected chi connectivity index (χ4v) is 2.12. The lowest BCUT2D eigenvalue weighted by Crippen LogP contribution is -2.32. The highest BCUT2D eigenvalue weighted by Gasteiger charge is 2.11. The molecule has 0 unspecified atom stereocenters. The third-order valence-electron chi connectivity index (χ3n) is 2.93. The number of amides is 1. The molecular formula is C15H24N2O2. The Morgan fingerprint density at radius 3 is 2.58 bits per heavy atom. The molecule has 1 aromatic carbocycles. The van der Waals surface area contributed by atoms with Gasteiger partial charge in [-0.25, -0.2) is 0 Å². The maximum Gasteiger partial charge on any atom is 0.224 e. The average Bonchev–Trinajstić information content (AvgIpc) is 2.27. The summed E-state index contributed by atoms with van der Waals surface area (Å²) < 4.78 is 5.39. The molecule has 0 atom stereocenters. The first-order valence-electron chi connectivity index (χ1n) is 6.49. The van der Waals surface area contributed by atoms with E-state index in [2.05, 4.69) is 11.4 Å². The fourth-order valence-electron chi connectivity index (χ4n) is 2.12. The first-order chi connectivity index (χ1) is 8.93. The van der Waals surface area contributed by atoms with Crippen LogP contribution in [0.25, 0.3) is 0 Å². The minimum Gasteiger partial charge on any atom is -0.496 e. The van der Waals surface area contributed by atoms with Crippen molar-refractivity contribution in [1.29, 1.82) is 0 Å². The number of ether oxygens (including phenoxy) is 1. The number of nitrogens with zero attached hydrogens (tertiary/aromatic N) is 1. The Morgan fingerprint density at radius 1 is 1.32 bits per heavy atom. The Kier molecular flexibility index (Phi) is 5.83. The van der Waals surface area contributed by atoms with Crippen molar-refractivity contribution < 1.29 is 9.53 Å². The number of hydrogen-bond acceptors (Lipinski definition) is 3. The molecule has 0 radical (unpaired) electrons. The zero-order valence-electron chi connectivity index (χ0n) is 12.5. The maximum atomic E-state index is 11.9. The summed E-state index contributed by atoms with van der Waals surface area (Å²) in [6, 6.07) is 4.07. The van der Waals surface area contributed by atoms with Crippen LogP contribution in [-0.4, -0.2) is 45.1 Å². The van der Waals surface area contributed by atoms with Gasteiger partial charge in [0, 0.05) is 18.7 Å². The van der Waals surface area contributed by atoms with Crippen LogP contribution < -0.4 is 10.1 Å². The summed E-state index contributed by atoms with van der Waals surface area (Å²) in [5.74, 6) is 0.846. The summed E-state index contributed by atoms with van der Waals surface area (Å²) in [5.41, 5.74) is 3.16. The first-order valence-corrected chi connectivity index (χ1v) is 6.49. The SMILES string of the molecule is COc1c(C)cc(C)cc1CC(=O)NCCN(C)C. The topological polar surface area (TPSA) is 41.6 Å². The number of benzene rings is 1. The number of methoxy groups -OCH3 is 1. The summed E-state index contributed by atoms with van der Waals surface area (Å²) in [4.78, 5) is 13.9. The van der Waals surface area contributed by atoms with Crippen LogP contribution in [0.1, 0.15) is 16.7 Å². The van der Waals surface area contributed by atoms with E-state index in [9.17, 15) is 4.79 Å². The van der Waals surface area contributed by atoms with Crippen molar-refractivity contribution in [2.24, 2.45) is 0 Å². The normalized spacial score (nSPS) is 10.6. The number of hydrogen-bond donors (Lipinski definition) is 1. The number of rotatable bonds is 6. The molecule has 4 heteroatoms. The molecule has 106 valence electrons. The lowest BCUT2D eigenvalue weighted by atomic mass is 10.0. The van der Waals surface area contributed by atoms with E-state index in [0.29, 0.717) is 13.0 Å². The van der Waals surface area contributed by atoms with E-state index in [-0.39, 0.29) is 5.91 Å². The van der Waals surface area contributed by atoms with Gasteiger partial charge in [-0.15, -0.1) is 0 Å². The molecule has 1 amide bonds. The zero-order valence-corrected chi connectivity index (χ0v) is 12.5. The largest absolute Gasteiger partial charge is 0.496 e. The Balaban J connectivity index is 2.68. The quantitative estimate of drug-likeness (QED) is 0.847. The van der Waals surface area contributed by atoms with Crippen molar-refractivity contribution >= 4 is 5.91 Å². The Bertz CT molecular complexity index is 442. The van der Waals surface area contributed by atoms with Crippen LogP contribution >= 0.6 is 0 Å². The molecule has 0 fully saturated rings. The van der Waals surface area contributed by atoms with Gasteiger partial charge in [-0.2, -0.15) is 0 Å². The van der Waals surface area contributed by atoms with Crippen molar-refractivity contribution in [3.05, 3.63) is 28.8 Å². The summed E-state index contributed by atoms with van der Waals surface area (Å²) in [6.07, 6.45) is 0.360. The van der Waals surface area contributed by atoms with E-state index in [1.165, 1.54) is 0 Å².